The fourth-order valence-electron chi connectivity index (χ4n) is 2.37. The first-order valence-electron chi connectivity index (χ1n) is 8.13. The minimum absolute atomic E-state index is 0. The molecule has 0 spiro atoms. The molecule has 0 saturated carbocycles. The molecule has 2 aromatic rings. The maximum atomic E-state index is 11.7. The molecule has 0 fully saturated rings. The van der Waals surface area contributed by atoms with Crippen LogP contribution in [-0.2, 0) is 13.1 Å². The van der Waals surface area contributed by atoms with Crippen LogP contribution in [0.2, 0.25) is 0 Å². The van der Waals surface area contributed by atoms with Crippen molar-refractivity contribution in [2.75, 3.05) is 21.3 Å². The van der Waals surface area contributed by atoms with Crippen LogP contribution in [-0.4, -0.2) is 33.1 Å². The summed E-state index contributed by atoms with van der Waals surface area (Å²) in [7, 11) is 4.79. The molecule has 0 unspecified atom stereocenters. The van der Waals surface area contributed by atoms with Gasteiger partial charge >= 0.3 is 0 Å². The standard InChI is InChI=1S/C19H24N4O3.HI/c1-21-18(24)15-6-4-5-13(9-15)11-22-19(20)23-12-14-7-8-16(25-2)17(10-14)26-3;/h4-10H,11-12H2,1-3H3,(H,21,24)(H3,20,22,23);1H. The van der Waals surface area contributed by atoms with Crippen molar-refractivity contribution >= 4 is 35.8 Å². The molecule has 0 saturated heterocycles. The normalized spacial score (nSPS) is 10.6. The van der Waals surface area contributed by atoms with Gasteiger partial charge in [-0.25, -0.2) is 4.99 Å². The summed E-state index contributed by atoms with van der Waals surface area (Å²) in [5.41, 5.74) is 8.41. The van der Waals surface area contributed by atoms with E-state index in [0.29, 0.717) is 36.1 Å². The monoisotopic (exact) mass is 484 g/mol. The van der Waals surface area contributed by atoms with Gasteiger partial charge in [-0.05, 0) is 35.4 Å². The molecule has 0 bridgehead atoms. The molecule has 2 rings (SSSR count). The van der Waals surface area contributed by atoms with Crippen molar-refractivity contribution in [2.24, 2.45) is 10.7 Å². The van der Waals surface area contributed by atoms with Crippen LogP contribution in [0, 0.1) is 0 Å². The number of hydrogen-bond acceptors (Lipinski definition) is 4. The zero-order chi connectivity index (χ0) is 18.9. The molecule has 0 heterocycles. The fourth-order valence-corrected chi connectivity index (χ4v) is 2.37. The van der Waals surface area contributed by atoms with E-state index < -0.39 is 0 Å². The molecule has 0 aliphatic rings. The van der Waals surface area contributed by atoms with Gasteiger partial charge in [-0.3, -0.25) is 4.79 Å². The molecule has 8 heteroatoms. The second-order valence-corrected chi connectivity index (χ2v) is 5.52. The molecular weight excluding hydrogens is 459 g/mol. The summed E-state index contributed by atoms with van der Waals surface area (Å²) < 4.78 is 10.5. The van der Waals surface area contributed by atoms with E-state index in [4.69, 9.17) is 15.2 Å². The molecule has 0 aliphatic heterocycles. The number of carbonyl (C=O) groups excluding carboxylic acids is 1. The predicted octanol–water partition coefficient (Wildman–Crippen LogP) is 2.29. The van der Waals surface area contributed by atoms with Crippen LogP contribution >= 0.6 is 24.0 Å². The lowest BCUT2D eigenvalue weighted by Gasteiger charge is -2.10. The molecule has 4 N–H and O–H groups in total. The highest BCUT2D eigenvalue weighted by atomic mass is 127. The van der Waals surface area contributed by atoms with Crippen molar-refractivity contribution < 1.29 is 14.3 Å². The summed E-state index contributed by atoms with van der Waals surface area (Å²) in [5.74, 6) is 1.53. The Bertz CT molecular complexity index is 796. The van der Waals surface area contributed by atoms with E-state index in [1.54, 1.807) is 33.4 Å². The van der Waals surface area contributed by atoms with E-state index in [9.17, 15) is 4.79 Å². The fraction of sp³-hybridized carbons (Fsp3) is 0.263. The molecule has 0 atom stereocenters. The van der Waals surface area contributed by atoms with Crippen LogP contribution in [0.1, 0.15) is 21.5 Å². The van der Waals surface area contributed by atoms with Gasteiger partial charge in [0.15, 0.2) is 17.5 Å². The number of aliphatic imine (C=N–C) groups is 1. The second kappa shape index (κ2) is 11.3. The van der Waals surface area contributed by atoms with E-state index >= 15 is 0 Å². The maximum absolute atomic E-state index is 11.7. The zero-order valence-corrected chi connectivity index (χ0v) is 17.9. The number of nitrogens with one attached hydrogen (secondary N) is 2. The number of hydrogen-bond donors (Lipinski definition) is 3. The highest BCUT2D eigenvalue weighted by Crippen LogP contribution is 2.27. The Balaban J connectivity index is 0.00000364. The summed E-state index contributed by atoms with van der Waals surface area (Å²) >= 11 is 0. The number of amides is 1. The minimum atomic E-state index is -0.129. The van der Waals surface area contributed by atoms with Crippen LogP contribution in [0.25, 0.3) is 0 Å². The third kappa shape index (κ3) is 6.63. The Labute approximate surface area is 176 Å². The summed E-state index contributed by atoms with van der Waals surface area (Å²) in [6.07, 6.45) is 0. The van der Waals surface area contributed by atoms with Gasteiger partial charge in [-0.2, -0.15) is 0 Å². The van der Waals surface area contributed by atoms with Gasteiger partial charge in [0, 0.05) is 19.2 Å². The van der Waals surface area contributed by atoms with E-state index in [2.05, 4.69) is 15.6 Å². The second-order valence-electron chi connectivity index (χ2n) is 5.52. The Kier molecular flexibility index (Phi) is 9.41. The lowest BCUT2D eigenvalue weighted by atomic mass is 10.1. The number of halogens is 1. The molecular formula is C19H25IN4O3. The molecule has 1 amide bonds. The van der Waals surface area contributed by atoms with Gasteiger partial charge < -0.3 is 25.8 Å². The van der Waals surface area contributed by atoms with Gasteiger partial charge in [0.25, 0.3) is 5.91 Å². The van der Waals surface area contributed by atoms with Gasteiger partial charge in [0.05, 0.1) is 20.8 Å². The Hall–Kier alpha value is -2.49. The maximum Gasteiger partial charge on any atom is 0.251 e. The summed E-state index contributed by atoms with van der Waals surface area (Å²) in [6.45, 7) is 0.892. The number of nitrogens with two attached hydrogens (primary N) is 1. The molecule has 0 aromatic heterocycles. The summed E-state index contributed by atoms with van der Waals surface area (Å²) in [4.78, 5) is 16.0. The Morgan fingerprint density at radius 2 is 1.81 bits per heavy atom. The molecule has 27 heavy (non-hydrogen) atoms. The largest absolute Gasteiger partial charge is 0.493 e. The average Bonchev–Trinajstić information content (AvgIpc) is 2.69. The van der Waals surface area contributed by atoms with Gasteiger partial charge in [-0.15, -0.1) is 24.0 Å². The topological polar surface area (TPSA) is 98.0 Å². The Morgan fingerprint density at radius 3 is 2.48 bits per heavy atom. The quantitative estimate of drug-likeness (QED) is 0.318. The number of rotatable bonds is 7. The minimum Gasteiger partial charge on any atom is -0.493 e. The molecule has 2 aromatic carbocycles. The van der Waals surface area contributed by atoms with Crippen molar-refractivity contribution in [3.8, 4) is 11.5 Å². The first-order chi connectivity index (χ1) is 12.6. The molecule has 0 aliphatic carbocycles. The summed E-state index contributed by atoms with van der Waals surface area (Å²) in [6, 6.07) is 12.9. The predicted molar refractivity (Wildman–Crippen MR) is 117 cm³/mol. The van der Waals surface area contributed by atoms with Gasteiger partial charge in [0.2, 0.25) is 0 Å². The van der Waals surface area contributed by atoms with Gasteiger partial charge in [-0.1, -0.05) is 18.2 Å². The van der Waals surface area contributed by atoms with E-state index in [1.165, 1.54) is 0 Å². The molecule has 7 nitrogen and oxygen atoms in total. The molecule has 146 valence electrons. The van der Waals surface area contributed by atoms with Crippen molar-refractivity contribution in [3.63, 3.8) is 0 Å². The van der Waals surface area contributed by atoms with Crippen LogP contribution in [0.15, 0.2) is 47.5 Å². The van der Waals surface area contributed by atoms with Crippen molar-refractivity contribution in [3.05, 3.63) is 59.2 Å². The number of nitrogens with zero attached hydrogens (tertiary/aromatic N) is 1. The van der Waals surface area contributed by atoms with E-state index in [-0.39, 0.29) is 29.9 Å². The average molecular weight is 484 g/mol. The van der Waals surface area contributed by atoms with Crippen LogP contribution in [0.5, 0.6) is 11.5 Å². The van der Waals surface area contributed by atoms with E-state index in [0.717, 1.165) is 11.1 Å². The first kappa shape index (κ1) is 22.6. The lowest BCUT2D eigenvalue weighted by molar-refractivity contribution is 0.0963. The van der Waals surface area contributed by atoms with Crippen LogP contribution in [0.3, 0.4) is 0 Å². The first-order valence-corrected chi connectivity index (χ1v) is 8.13. The third-order valence-electron chi connectivity index (χ3n) is 3.77. The number of ether oxygens (including phenoxy) is 2. The number of benzene rings is 2. The highest BCUT2D eigenvalue weighted by molar-refractivity contribution is 14.0. The number of methoxy groups -OCH3 is 2. The van der Waals surface area contributed by atoms with Crippen LogP contribution in [0.4, 0.5) is 0 Å². The van der Waals surface area contributed by atoms with Crippen molar-refractivity contribution in [1.29, 1.82) is 0 Å². The summed E-state index contributed by atoms with van der Waals surface area (Å²) in [5, 5.41) is 5.66. The van der Waals surface area contributed by atoms with Crippen molar-refractivity contribution in [1.82, 2.24) is 10.6 Å². The zero-order valence-electron chi connectivity index (χ0n) is 15.6. The lowest BCUT2D eigenvalue weighted by Crippen LogP contribution is -2.31. The van der Waals surface area contributed by atoms with Crippen LogP contribution < -0.4 is 25.8 Å². The highest BCUT2D eigenvalue weighted by Gasteiger charge is 2.05. The SMILES string of the molecule is CNC(=O)c1cccc(CN=C(N)NCc2ccc(OC)c(OC)c2)c1.I. The Morgan fingerprint density at radius 1 is 1.07 bits per heavy atom. The smallest absolute Gasteiger partial charge is 0.251 e. The van der Waals surface area contributed by atoms with E-state index in [1.807, 2.05) is 30.3 Å². The van der Waals surface area contributed by atoms with Gasteiger partial charge in [0.1, 0.15) is 0 Å². The third-order valence-corrected chi connectivity index (χ3v) is 3.77. The van der Waals surface area contributed by atoms with Crippen molar-refractivity contribution in [2.45, 2.75) is 13.1 Å². The molecule has 0 radical (unpaired) electrons. The number of guanidine groups is 1. The number of carbonyl (C=O) groups is 1.